The summed E-state index contributed by atoms with van der Waals surface area (Å²) >= 11 is 0. The van der Waals surface area contributed by atoms with E-state index < -0.39 is 0 Å². The zero-order chi connectivity index (χ0) is 13.4. The highest BCUT2D eigenvalue weighted by Crippen LogP contribution is 2.04. The van der Waals surface area contributed by atoms with Crippen molar-refractivity contribution in [1.29, 1.82) is 0 Å². The summed E-state index contributed by atoms with van der Waals surface area (Å²) in [6, 6.07) is 0. The molecule has 0 saturated carbocycles. The average Bonchev–Trinajstić information content (AvgIpc) is 2.27. The maximum Gasteiger partial charge on any atom is 0.216 e. The first-order valence-corrected chi connectivity index (χ1v) is 7.08. The molecule has 0 saturated heterocycles. The molecule has 2 N–H and O–H groups in total. The van der Waals surface area contributed by atoms with Gasteiger partial charge in [0.2, 0.25) is 5.91 Å². The van der Waals surface area contributed by atoms with Crippen LogP contribution in [-0.2, 0) is 4.79 Å². The lowest BCUT2D eigenvalue weighted by molar-refractivity contribution is -0.118. The van der Waals surface area contributed by atoms with Gasteiger partial charge in [0.1, 0.15) is 0 Å². The van der Waals surface area contributed by atoms with E-state index >= 15 is 0 Å². The van der Waals surface area contributed by atoms with Crippen LogP contribution in [0.4, 0.5) is 0 Å². The van der Waals surface area contributed by atoms with Crippen LogP contribution in [0.15, 0.2) is 0 Å². The average molecular weight is 244 g/mol. The second kappa shape index (κ2) is 17.8. The fraction of sp³-hybridized carbons (Fsp3) is 0.929. The Morgan fingerprint density at radius 2 is 1.29 bits per heavy atom. The van der Waals surface area contributed by atoms with E-state index in [0.717, 1.165) is 19.5 Å². The molecule has 3 nitrogen and oxygen atoms in total. The summed E-state index contributed by atoms with van der Waals surface area (Å²) < 4.78 is 0. The number of amides is 1. The van der Waals surface area contributed by atoms with Crippen molar-refractivity contribution < 1.29 is 4.79 Å². The van der Waals surface area contributed by atoms with Gasteiger partial charge in [-0.15, -0.1) is 0 Å². The Kier molecular flexibility index (Phi) is 19.7. The van der Waals surface area contributed by atoms with Crippen molar-refractivity contribution in [3.63, 3.8) is 0 Å². The van der Waals surface area contributed by atoms with Crippen molar-refractivity contribution in [3.8, 4) is 0 Å². The highest BCUT2D eigenvalue weighted by Gasteiger charge is 1.92. The van der Waals surface area contributed by atoms with Crippen LogP contribution in [0.25, 0.3) is 0 Å². The topological polar surface area (TPSA) is 41.1 Å². The molecule has 0 aromatic rings. The van der Waals surface area contributed by atoms with Crippen LogP contribution in [-0.4, -0.2) is 26.0 Å². The molecule has 0 bridgehead atoms. The van der Waals surface area contributed by atoms with Crippen molar-refractivity contribution in [2.75, 3.05) is 20.1 Å². The van der Waals surface area contributed by atoms with Crippen LogP contribution in [0, 0.1) is 0 Å². The van der Waals surface area contributed by atoms with E-state index in [9.17, 15) is 4.79 Å². The zero-order valence-electron chi connectivity index (χ0n) is 12.3. The summed E-state index contributed by atoms with van der Waals surface area (Å²) in [5.41, 5.74) is 0. The zero-order valence-corrected chi connectivity index (χ0v) is 12.3. The van der Waals surface area contributed by atoms with Crippen molar-refractivity contribution in [1.82, 2.24) is 10.6 Å². The number of rotatable bonds is 9. The number of nitrogens with one attached hydrogen (secondary N) is 2. The predicted octanol–water partition coefficient (Wildman–Crippen LogP) is 3.10. The fourth-order valence-corrected chi connectivity index (χ4v) is 1.40. The van der Waals surface area contributed by atoms with E-state index in [2.05, 4.69) is 24.5 Å². The van der Waals surface area contributed by atoms with Crippen molar-refractivity contribution in [2.45, 2.75) is 65.7 Å². The molecular formula is C14H32N2O. The van der Waals surface area contributed by atoms with E-state index in [-0.39, 0.29) is 5.91 Å². The molecule has 0 heterocycles. The quantitative estimate of drug-likeness (QED) is 0.612. The molecule has 0 aliphatic rings. The third-order valence-corrected chi connectivity index (χ3v) is 2.23. The first kappa shape index (κ1) is 18.8. The predicted molar refractivity (Wildman–Crippen MR) is 76.3 cm³/mol. The minimum absolute atomic E-state index is 0.0824. The largest absolute Gasteiger partial charge is 0.356 e. The van der Waals surface area contributed by atoms with Gasteiger partial charge in [-0.2, -0.15) is 0 Å². The number of carbonyl (C=O) groups excluding carboxylic acids is 1. The van der Waals surface area contributed by atoms with E-state index in [1.165, 1.54) is 38.5 Å². The number of unbranched alkanes of at least 4 members (excludes halogenated alkanes) is 5. The molecule has 0 aromatic carbocycles. The van der Waals surface area contributed by atoms with Gasteiger partial charge in [0, 0.05) is 13.5 Å². The second-order valence-electron chi connectivity index (χ2n) is 4.41. The summed E-state index contributed by atoms with van der Waals surface area (Å²) in [6.07, 6.45) is 8.82. The smallest absolute Gasteiger partial charge is 0.216 e. The lowest BCUT2D eigenvalue weighted by Crippen LogP contribution is -2.20. The van der Waals surface area contributed by atoms with Crippen molar-refractivity contribution in [3.05, 3.63) is 0 Å². The third kappa shape index (κ3) is 25.6. The van der Waals surface area contributed by atoms with Crippen LogP contribution in [0.2, 0.25) is 0 Å². The highest BCUT2D eigenvalue weighted by molar-refractivity contribution is 5.72. The first-order valence-electron chi connectivity index (χ1n) is 7.08. The second-order valence-corrected chi connectivity index (χ2v) is 4.41. The molecule has 0 aromatic heterocycles. The van der Waals surface area contributed by atoms with Gasteiger partial charge in [0.05, 0.1) is 0 Å². The SMILES string of the molecule is CCC.CNCCCCCCCCNC(C)=O. The molecule has 0 spiro atoms. The highest BCUT2D eigenvalue weighted by atomic mass is 16.1. The van der Waals surface area contributed by atoms with E-state index in [4.69, 9.17) is 0 Å². The van der Waals surface area contributed by atoms with Gasteiger partial charge in [0.15, 0.2) is 0 Å². The Morgan fingerprint density at radius 3 is 1.71 bits per heavy atom. The Labute approximate surface area is 108 Å². The summed E-state index contributed by atoms with van der Waals surface area (Å²) in [7, 11) is 1.99. The molecule has 0 rings (SSSR count). The van der Waals surface area contributed by atoms with Gasteiger partial charge in [-0.25, -0.2) is 0 Å². The molecule has 104 valence electrons. The standard InChI is InChI=1S/C11H24N2O.C3H8/c1-11(14)13-10-8-6-4-3-5-7-9-12-2;1-3-2/h12H,3-10H2,1-2H3,(H,13,14);3H2,1-2H3. The Morgan fingerprint density at radius 1 is 0.882 bits per heavy atom. The molecule has 0 atom stereocenters. The fourth-order valence-electron chi connectivity index (χ4n) is 1.40. The molecule has 3 heteroatoms. The van der Waals surface area contributed by atoms with Gasteiger partial charge in [-0.05, 0) is 26.4 Å². The van der Waals surface area contributed by atoms with E-state index in [1.54, 1.807) is 6.92 Å². The lowest BCUT2D eigenvalue weighted by Gasteiger charge is -2.02. The molecule has 0 aliphatic heterocycles. The van der Waals surface area contributed by atoms with Crippen LogP contribution in [0.3, 0.4) is 0 Å². The van der Waals surface area contributed by atoms with Crippen molar-refractivity contribution in [2.24, 2.45) is 0 Å². The summed E-state index contributed by atoms with van der Waals surface area (Å²) in [5.74, 6) is 0.0824. The van der Waals surface area contributed by atoms with Gasteiger partial charge in [-0.1, -0.05) is 46.0 Å². The normalized spacial score (nSPS) is 9.41. The first-order chi connectivity index (χ1) is 8.18. The molecule has 0 aliphatic carbocycles. The summed E-state index contributed by atoms with van der Waals surface area (Å²) in [6.45, 7) is 7.79. The molecule has 0 radical (unpaired) electrons. The number of hydrogen-bond acceptors (Lipinski definition) is 2. The summed E-state index contributed by atoms with van der Waals surface area (Å²) in [5, 5.41) is 5.95. The van der Waals surface area contributed by atoms with E-state index in [0.29, 0.717) is 0 Å². The molecule has 0 unspecified atom stereocenters. The minimum Gasteiger partial charge on any atom is -0.356 e. The van der Waals surface area contributed by atoms with E-state index in [1.807, 2.05) is 7.05 Å². The molecule has 0 fully saturated rings. The molecule has 1 amide bonds. The Bertz CT molecular complexity index is 149. The maximum absolute atomic E-state index is 10.5. The summed E-state index contributed by atoms with van der Waals surface area (Å²) in [4.78, 5) is 10.5. The monoisotopic (exact) mass is 244 g/mol. The molecule has 17 heavy (non-hydrogen) atoms. The van der Waals surface area contributed by atoms with Crippen molar-refractivity contribution >= 4 is 5.91 Å². The van der Waals surface area contributed by atoms with Crippen LogP contribution in [0.5, 0.6) is 0 Å². The van der Waals surface area contributed by atoms with Crippen LogP contribution in [0.1, 0.15) is 65.7 Å². The van der Waals surface area contributed by atoms with Crippen LogP contribution < -0.4 is 10.6 Å². The van der Waals surface area contributed by atoms with Crippen LogP contribution >= 0.6 is 0 Å². The maximum atomic E-state index is 10.5. The lowest BCUT2D eigenvalue weighted by atomic mass is 10.1. The van der Waals surface area contributed by atoms with Gasteiger partial charge < -0.3 is 10.6 Å². The third-order valence-electron chi connectivity index (χ3n) is 2.23. The Balaban J connectivity index is 0. The molecular weight excluding hydrogens is 212 g/mol. The Hall–Kier alpha value is -0.570. The van der Waals surface area contributed by atoms with Gasteiger partial charge in [-0.3, -0.25) is 4.79 Å². The minimum atomic E-state index is 0.0824. The van der Waals surface area contributed by atoms with Gasteiger partial charge in [0.25, 0.3) is 0 Å². The van der Waals surface area contributed by atoms with Gasteiger partial charge >= 0.3 is 0 Å². The number of hydrogen-bond donors (Lipinski definition) is 2. The number of carbonyl (C=O) groups is 1.